The van der Waals surface area contributed by atoms with Gasteiger partial charge in [-0.25, -0.2) is 0 Å². The van der Waals surface area contributed by atoms with Gasteiger partial charge in [0, 0.05) is 32.7 Å². The van der Waals surface area contributed by atoms with Crippen molar-refractivity contribution >= 4 is 0 Å². The Labute approximate surface area is 91.8 Å². The quantitative estimate of drug-likeness (QED) is 0.704. The third-order valence-corrected chi connectivity index (χ3v) is 3.46. The summed E-state index contributed by atoms with van der Waals surface area (Å²) in [6, 6.07) is 0. The van der Waals surface area contributed by atoms with Crippen LogP contribution in [0.25, 0.3) is 0 Å². The molecular formula is C11H22N2O2. The zero-order valence-corrected chi connectivity index (χ0v) is 9.56. The van der Waals surface area contributed by atoms with Crippen molar-refractivity contribution in [3.8, 4) is 0 Å². The van der Waals surface area contributed by atoms with Crippen LogP contribution in [0.1, 0.15) is 12.8 Å². The molecule has 0 aromatic rings. The minimum absolute atomic E-state index is 0.0995. The molecule has 0 unspecified atom stereocenters. The van der Waals surface area contributed by atoms with Gasteiger partial charge in [-0.05, 0) is 19.9 Å². The van der Waals surface area contributed by atoms with E-state index in [1.807, 2.05) is 0 Å². The lowest BCUT2D eigenvalue weighted by atomic mass is 10.2. The Balaban J connectivity index is 1.69. The molecule has 0 bridgehead atoms. The van der Waals surface area contributed by atoms with Gasteiger partial charge in [0.25, 0.3) is 0 Å². The Kier molecular flexibility index (Phi) is 3.97. The molecule has 4 heteroatoms. The van der Waals surface area contributed by atoms with E-state index in [9.17, 15) is 0 Å². The standard InChI is InChI=1S/C11H22N2O2/c1-12-4-6-13(7-5-12)8-10-2-3-11(9-14)15-10/h10-11,14H,2-9H2,1H3/t10-,11+/m0/s1. The number of nitrogens with zero attached hydrogens (tertiary/aromatic N) is 2. The van der Waals surface area contributed by atoms with Crippen LogP contribution >= 0.6 is 0 Å². The van der Waals surface area contributed by atoms with Crippen molar-refractivity contribution in [2.24, 2.45) is 0 Å². The van der Waals surface area contributed by atoms with Crippen molar-refractivity contribution in [2.75, 3.05) is 46.4 Å². The third kappa shape index (κ3) is 3.14. The van der Waals surface area contributed by atoms with Crippen LogP contribution in [0, 0.1) is 0 Å². The van der Waals surface area contributed by atoms with E-state index in [-0.39, 0.29) is 12.7 Å². The number of hydrogen-bond acceptors (Lipinski definition) is 4. The summed E-state index contributed by atoms with van der Waals surface area (Å²) in [6.07, 6.45) is 2.58. The van der Waals surface area contributed by atoms with Gasteiger partial charge in [0.05, 0.1) is 18.8 Å². The van der Waals surface area contributed by atoms with Crippen LogP contribution in [0.15, 0.2) is 0 Å². The molecule has 0 aromatic carbocycles. The van der Waals surface area contributed by atoms with Crippen molar-refractivity contribution in [2.45, 2.75) is 25.0 Å². The van der Waals surface area contributed by atoms with Crippen LogP contribution < -0.4 is 0 Å². The molecule has 0 spiro atoms. The fraction of sp³-hybridized carbons (Fsp3) is 1.00. The summed E-state index contributed by atoms with van der Waals surface area (Å²) >= 11 is 0. The van der Waals surface area contributed by atoms with Gasteiger partial charge in [-0.1, -0.05) is 0 Å². The van der Waals surface area contributed by atoms with E-state index in [1.54, 1.807) is 0 Å². The molecule has 0 amide bonds. The first-order chi connectivity index (χ1) is 7.28. The highest BCUT2D eigenvalue weighted by molar-refractivity contribution is 4.78. The van der Waals surface area contributed by atoms with Gasteiger partial charge in [-0.3, -0.25) is 4.90 Å². The molecule has 2 aliphatic heterocycles. The van der Waals surface area contributed by atoms with E-state index in [1.165, 1.54) is 0 Å². The average molecular weight is 214 g/mol. The third-order valence-electron chi connectivity index (χ3n) is 3.46. The van der Waals surface area contributed by atoms with E-state index >= 15 is 0 Å². The number of likely N-dealkylation sites (N-methyl/N-ethyl adjacent to an activating group) is 1. The van der Waals surface area contributed by atoms with Gasteiger partial charge in [-0.2, -0.15) is 0 Å². The van der Waals surface area contributed by atoms with Crippen LogP contribution in [-0.4, -0.2) is 73.5 Å². The number of hydrogen-bond donors (Lipinski definition) is 1. The van der Waals surface area contributed by atoms with Crippen molar-refractivity contribution < 1.29 is 9.84 Å². The number of aliphatic hydroxyl groups is 1. The molecule has 2 aliphatic rings. The van der Waals surface area contributed by atoms with Crippen LogP contribution in [0.3, 0.4) is 0 Å². The van der Waals surface area contributed by atoms with Crippen molar-refractivity contribution in [3.05, 3.63) is 0 Å². The maximum Gasteiger partial charge on any atom is 0.0811 e. The minimum Gasteiger partial charge on any atom is -0.394 e. The maximum absolute atomic E-state index is 8.98. The topological polar surface area (TPSA) is 35.9 Å². The molecule has 4 nitrogen and oxygen atoms in total. The van der Waals surface area contributed by atoms with E-state index in [4.69, 9.17) is 9.84 Å². The van der Waals surface area contributed by atoms with Gasteiger partial charge in [0.1, 0.15) is 0 Å². The summed E-state index contributed by atoms with van der Waals surface area (Å²) in [4.78, 5) is 4.84. The fourth-order valence-electron chi connectivity index (χ4n) is 2.37. The molecule has 2 saturated heterocycles. The minimum atomic E-state index is 0.0995. The van der Waals surface area contributed by atoms with E-state index in [0.29, 0.717) is 6.10 Å². The molecule has 2 heterocycles. The second-order valence-corrected chi connectivity index (χ2v) is 4.74. The number of rotatable bonds is 3. The fourth-order valence-corrected chi connectivity index (χ4v) is 2.37. The summed E-state index contributed by atoms with van der Waals surface area (Å²) in [6.45, 7) is 5.86. The van der Waals surface area contributed by atoms with Crippen molar-refractivity contribution in [1.29, 1.82) is 0 Å². The highest BCUT2D eigenvalue weighted by atomic mass is 16.5. The molecular weight excluding hydrogens is 192 g/mol. The van der Waals surface area contributed by atoms with Gasteiger partial charge in [-0.15, -0.1) is 0 Å². The number of ether oxygens (including phenoxy) is 1. The first-order valence-corrected chi connectivity index (χ1v) is 5.95. The van der Waals surface area contributed by atoms with Gasteiger partial charge in [0.15, 0.2) is 0 Å². The Morgan fingerprint density at radius 3 is 2.40 bits per heavy atom. The molecule has 88 valence electrons. The maximum atomic E-state index is 8.98. The van der Waals surface area contributed by atoms with Gasteiger partial charge < -0.3 is 14.7 Å². The molecule has 0 radical (unpaired) electrons. The molecule has 15 heavy (non-hydrogen) atoms. The lowest BCUT2D eigenvalue weighted by Gasteiger charge is -2.33. The Morgan fingerprint density at radius 2 is 1.80 bits per heavy atom. The summed E-state index contributed by atoms with van der Waals surface area (Å²) in [5.74, 6) is 0. The molecule has 0 aromatic heterocycles. The highest BCUT2D eigenvalue weighted by Gasteiger charge is 2.27. The van der Waals surface area contributed by atoms with Crippen molar-refractivity contribution in [1.82, 2.24) is 9.80 Å². The smallest absolute Gasteiger partial charge is 0.0811 e. The number of piperazine rings is 1. The molecule has 2 atom stereocenters. The average Bonchev–Trinajstić information content (AvgIpc) is 2.69. The molecule has 2 fully saturated rings. The van der Waals surface area contributed by atoms with Crippen LogP contribution in [0.5, 0.6) is 0 Å². The molecule has 0 saturated carbocycles. The largest absolute Gasteiger partial charge is 0.394 e. The first-order valence-electron chi connectivity index (χ1n) is 5.95. The second-order valence-electron chi connectivity index (χ2n) is 4.74. The van der Waals surface area contributed by atoms with E-state index in [0.717, 1.165) is 45.6 Å². The number of aliphatic hydroxyl groups excluding tert-OH is 1. The van der Waals surface area contributed by atoms with E-state index < -0.39 is 0 Å². The highest BCUT2D eigenvalue weighted by Crippen LogP contribution is 2.20. The van der Waals surface area contributed by atoms with Crippen LogP contribution in [0.2, 0.25) is 0 Å². The Bertz CT molecular complexity index is 193. The molecule has 1 N–H and O–H groups in total. The van der Waals surface area contributed by atoms with Crippen LogP contribution in [0.4, 0.5) is 0 Å². The molecule has 0 aliphatic carbocycles. The Morgan fingerprint density at radius 1 is 1.13 bits per heavy atom. The Hall–Kier alpha value is -0.160. The second kappa shape index (κ2) is 5.25. The zero-order valence-electron chi connectivity index (χ0n) is 9.56. The van der Waals surface area contributed by atoms with Gasteiger partial charge in [0.2, 0.25) is 0 Å². The lowest BCUT2D eigenvalue weighted by Crippen LogP contribution is -2.47. The SMILES string of the molecule is CN1CCN(C[C@@H]2CC[C@H](CO)O2)CC1. The summed E-state index contributed by atoms with van der Waals surface area (Å²) < 4.78 is 5.73. The normalized spacial score (nSPS) is 34.8. The summed E-state index contributed by atoms with van der Waals surface area (Å²) in [5.41, 5.74) is 0. The first kappa shape index (κ1) is 11.3. The molecule has 2 rings (SSSR count). The summed E-state index contributed by atoms with van der Waals surface area (Å²) in [7, 11) is 2.17. The van der Waals surface area contributed by atoms with E-state index in [2.05, 4.69) is 16.8 Å². The summed E-state index contributed by atoms with van der Waals surface area (Å²) in [5, 5.41) is 8.98. The predicted octanol–water partition coefficient (Wildman–Crippen LogP) is -0.226. The van der Waals surface area contributed by atoms with Crippen molar-refractivity contribution in [3.63, 3.8) is 0 Å². The lowest BCUT2D eigenvalue weighted by molar-refractivity contribution is -0.00864. The monoisotopic (exact) mass is 214 g/mol. The van der Waals surface area contributed by atoms with Crippen LogP contribution in [-0.2, 0) is 4.74 Å². The predicted molar refractivity (Wildman–Crippen MR) is 58.9 cm³/mol. The van der Waals surface area contributed by atoms with Gasteiger partial charge >= 0.3 is 0 Å². The zero-order chi connectivity index (χ0) is 10.7.